The predicted octanol–water partition coefficient (Wildman–Crippen LogP) is 3.97. The summed E-state index contributed by atoms with van der Waals surface area (Å²) in [7, 11) is 1.58. The maximum absolute atomic E-state index is 12.4. The molecule has 0 bridgehead atoms. The van der Waals surface area contributed by atoms with Crippen molar-refractivity contribution in [3.05, 3.63) is 78.0 Å². The maximum Gasteiger partial charge on any atom is 0.255 e. The van der Waals surface area contributed by atoms with Gasteiger partial charge in [0.1, 0.15) is 0 Å². The molecule has 4 aromatic rings. The van der Waals surface area contributed by atoms with E-state index in [0.29, 0.717) is 11.4 Å². The van der Waals surface area contributed by atoms with Crippen molar-refractivity contribution in [2.24, 2.45) is 0 Å². The molecule has 27 heavy (non-hydrogen) atoms. The average Bonchev–Trinajstić information content (AvgIpc) is 3.12. The molecule has 0 aliphatic heterocycles. The molecule has 2 aromatic heterocycles. The minimum Gasteiger partial charge on any atom is -0.480 e. The molecule has 0 saturated carbocycles. The van der Waals surface area contributed by atoms with Gasteiger partial charge in [-0.05, 0) is 36.8 Å². The third-order valence-electron chi connectivity index (χ3n) is 4.33. The molecule has 0 aliphatic rings. The van der Waals surface area contributed by atoms with Gasteiger partial charge in [-0.3, -0.25) is 4.79 Å². The number of aryl methyl sites for hydroxylation is 1. The van der Waals surface area contributed by atoms with Crippen LogP contribution in [0.25, 0.3) is 16.9 Å². The summed E-state index contributed by atoms with van der Waals surface area (Å²) < 4.78 is 6.82. The van der Waals surface area contributed by atoms with Crippen LogP contribution in [0.15, 0.2) is 66.9 Å². The molecule has 0 unspecified atom stereocenters. The van der Waals surface area contributed by atoms with Crippen LogP contribution in [-0.2, 0) is 0 Å². The van der Waals surface area contributed by atoms with Crippen LogP contribution in [0.4, 0.5) is 5.69 Å². The van der Waals surface area contributed by atoms with Crippen LogP contribution in [0.1, 0.15) is 15.9 Å². The molecule has 1 amide bonds. The number of methoxy groups -OCH3 is 1. The van der Waals surface area contributed by atoms with Crippen LogP contribution < -0.4 is 10.1 Å². The van der Waals surface area contributed by atoms with Crippen molar-refractivity contribution >= 4 is 17.2 Å². The quantitative estimate of drug-likeness (QED) is 0.599. The van der Waals surface area contributed by atoms with Crippen LogP contribution in [0, 0.1) is 6.92 Å². The number of carbonyl (C=O) groups is 1. The fraction of sp³-hybridized carbons (Fsp3) is 0.0952. The summed E-state index contributed by atoms with van der Waals surface area (Å²) in [5.41, 5.74) is 4.82. The van der Waals surface area contributed by atoms with E-state index in [2.05, 4.69) is 15.4 Å². The minimum atomic E-state index is -0.120. The highest BCUT2D eigenvalue weighted by atomic mass is 16.5. The molecule has 0 fully saturated rings. The molecule has 1 N–H and O–H groups in total. The van der Waals surface area contributed by atoms with Gasteiger partial charge < -0.3 is 10.1 Å². The number of amides is 1. The zero-order chi connectivity index (χ0) is 18.8. The Bertz CT molecular complexity index is 1120. The van der Waals surface area contributed by atoms with Gasteiger partial charge >= 0.3 is 0 Å². The van der Waals surface area contributed by atoms with E-state index < -0.39 is 0 Å². The van der Waals surface area contributed by atoms with Gasteiger partial charge in [0, 0.05) is 22.9 Å². The number of fused-ring (bicyclic) bond motifs is 1. The Balaban J connectivity index is 1.55. The van der Waals surface area contributed by atoms with Crippen molar-refractivity contribution in [3.8, 4) is 17.1 Å². The van der Waals surface area contributed by atoms with Crippen LogP contribution in [-0.4, -0.2) is 27.6 Å². The number of aromatic nitrogens is 3. The van der Waals surface area contributed by atoms with E-state index in [1.165, 1.54) is 0 Å². The first kappa shape index (κ1) is 16.8. The number of nitrogens with one attached hydrogen (secondary N) is 1. The van der Waals surface area contributed by atoms with Crippen molar-refractivity contribution in [2.75, 3.05) is 12.4 Å². The Morgan fingerprint density at radius 3 is 2.56 bits per heavy atom. The van der Waals surface area contributed by atoms with Gasteiger partial charge in [0.25, 0.3) is 5.91 Å². The number of anilines is 1. The van der Waals surface area contributed by atoms with Gasteiger partial charge in [-0.15, -0.1) is 5.10 Å². The summed E-state index contributed by atoms with van der Waals surface area (Å²) >= 11 is 0. The number of benzene rings is 2. The third-order valence-corrected chi connectivity index (χ3v) is 4.33. The number of rotatable bonds is 4. The van der Waals surface area contributed by atoms with Gasteiger partial charge in [-0.2, -0.15) is 0 Å². The fourth-order valence-corrected chi connectivity index (χ4v) is 2.86. The number of hydrogen-bond acceptors (Lipinski definition) is 4. The number of carbonyl (C=O) groups excluding carboxylic acids is 1. The van der Waals surface area contributed by atoms with Crippen LogP contribution >= 0.6 is 0 Å². The van der Waals surface area contributed by atoms with E-state index in [4.69, 9.17) is 4.74 Å². The predicted molar refractivity (Wildman–Crippen MR) is 104 cm³/mol. The molecule has 2 aromatic carbocycles. The highest BCUT2D eigenvalue weighted by Crippen LogP contribution is 2.22. The number of imidazole rings is 1. The lowest BCUT2D eigenvalue weighted by atomic mass is 10.1. The highest BCUT2D eigenvalue weighted by molar-refractivity contribution is 6.05. The Morgan fingerprint density at radius 1 is 1.04 bits per heavy atom. The molecule has 0 saturated heterocycles. The lowest BCUT2D eigenvalue weighted by molar-refractivity contribution is 0.102. The van der Waals surface area contributed by atoms with Crippen molar-refractivity contribution in [3.63, 3.8) is 0 Å². The van der Waals surface area contributed by atoms with E-state index in [1.54, 1.807) is 17.7 Å². The Hall–Kier alpha value is -3.67. The van der Waals surface area contributed by atoms with E-state index in [-0.39, 0.29) is 5.91 Å². The maximum atomic E-state index is 12.4. The van der Waals surface area contributed by atoms with Crippen LogP contribution in [0.3, 0.4) is 0 Å². The van der Waals surface area contributed by atoms with Gasteiger partial charge in [0.2, 0.25) is 5.88 Å². The van der Waals surface area contributed by atoms with Gasteiger partial charge in [-0.1, -0.05) is 30.3 Å². The first-order chi connectivity index (χ1) is 13.1. The summed E-state index contributed by atoms with van der Waals surface area (Å²) in [6.07, 6.45) is 1.85. The van der Waals surface area contributed by atoms with E-state index in [9.17, 15) is 4.79 Å². The molecule has 6 heteroatoms. The molecule has 0 spiro atoms. The van der Waals surface area contributed by atoms with Crippen molar-refractivity contribution in [2.45, 2.75) is 6.92 Å². The first-order valence-electron chi connectivity index (χ1n) is 8.52. The number of hydrogen-bond donors (Lipinski definition) is 1. The van der Waals surface area contributed by atoms with Crippen molar-refractivity contribution in [1.82, 2.24) is 14.6 Å². The molecule has 134 valence electrons. The Kier molecular flexibility index (Phi) is 4.30. The molecule has 0 atom stereocenters. The van der Waals surface area contributed by atoms with Crippen LogP contribution in [0.5, 0.6) is 5.88 Å². The Labute approximate surface area is 156 Å². The van der Waals surface area contributed by atoms with Crippen molar-refractivity contribution < 1.29 is 9.53 Å². The second-order valence-electron chi connectivity index (χ2n) is 6.15. The fourth-order valence-electron chi connectivity index (χ4n) is 2.86. The monoisotopic (exact) mass is 358 g/mol. The summed E-state index contributed by atoms with van der Waals surface area (Å²) in [6.45, 7) is 1.92. The molecular weight excluding hydrogens is 340 g/mol. The van der Waals surface area contributed by atoms with E-state index in [0.717, 1.165) is 28.2 Å². The Morgan fingerprint density at radius 2 is 1.81 bits per heavy atom. The van der Waals surface area contributed by atoms with Gasteiger partial charge in [-0.25, -0.2) is 9.50 Å². The first-order valence-corrected chi connectivity index (χ1v) is 8.52. The smallest absolute Gasteiger partial charge is 0.255 e. The SMILES string of the molecule is COc1ccc2nc(-c3ccc(NC(=O)c4ccccc4C)cc3)cn2n1. The molecular formula is C21H18N4O2. The molecule has 2 heterocycles. The number of ether oxygens (including phenoxy) is 1. The van der Waals surface area contributed by atoms with E-state index in [1.807, 2.05) is 67.7 Å². The lowest BCUT2D eigenvalue weighted by Crippen LogP contribution is -2.13. The highest BCUT2D eigenvalue weighted by Gasteiger charge is 2.10. The molecule has 0 radical (unpaired) electrons. The minimum absolute atomic E-state index is 0.120. The second-order valence-corrected chi connectivity index (χ2v) is 6.15. The van der Waals surface area contributed by atoms with Gasteiger partial charge in [0.05, 0.1) is 19.0 Å². The summed E-state index contributed by atoms with van der Waals surface area (Å²) in [4.78, 5) is 17.0. The second kappa shape index (κ2) is 6.92. The lowest BCUT2D eigenvalue weighted by Gasteiger charge is -2.08. The topological polar surface area (TPSA) is 68.5 Å². The normalized spacial score (nSPS) is 10.7. The molecule has 6 nitrogen and oxygen atoms in total. The summed E-state index contributed by atoms with van der Waals surface area (Å²) in [5.74, 6) is 0.408. The molecule has 4 rings (SSSR count). The van der Waals surface area contributed by atoms with E-state index >= 15 is 0 Å². The van der Waals surface area contributed by atoms with Crippen molar-refractivity contribution in [1.29, 1.82) is 0 Å². The number of nitrogens with zero attached hydrogens (tertiary/aromatic N) is 3. The third kappa shape index (κ3) is 3.37. The standard InChI is InChI=1S/C21H18N4O2/c1-14-5-3-4-6-17(14)21(26)22-16-9-7-15(8-10-16)18-13-25-19(23-18)11-12-20(24-25)27-2/h3-13H,1-2H3,(H,22,26). The zero-order valence-corrected chi connectivity index (χ0v) is 15.0. The zero-order valence-electron chi connectivity index (χ0n) is 15.0. The molecule has 0 aliphatic carbocycles. The van der Waals surface area contributed by atoms with Gasteiger partial charge in [0.15, 0.2) is 5.65 Å². The average molecular weight is 358 g/mol. The largest absolute Gasteiger partial charge is 0.480 e. The van der Waals surface area contributed by atoms with Crippen LogP contribution in [0.2, 0.25) is 0 Å². The summed E-state index contributed by atoms with van der Waals surface area (Å²) in [6, 6.07) is 18.7. The summed E-state index contributed by atoms with van der Waals surface area (Å²) in [5, 5.41) is 7.24.